The highest BCUT2D eigenvalue weighted by Gasteiger charge is 2.11. The van der Waals surface area contributed by atoms with Gasteiger partial charge in [0.05, 0.1) is 19.2 Å². The van der Waals surface area contributed by atoms with Crippen molar-refractivity contribution in [1.29, 1.82) is 0 Å². The van der Waals surface area contributed by atoms with Crippen LogP contribution >= 0.6 is 11.6 Å². The van der Waals surface area contributed by atoms with E-state index in [-0.39, 0.29) is 11.5 Å². The molecule has 10 heteroatoms. The van der Waals surface area contributed by atoms with Gasteiger partial charge in [0.25, 0.3) is 5.91 Å². The van der Waals surface area contributed by atoms with Gasteiger partial charge in [-0.05, 0) is 42.0 Å². The zero-order chi connectivity index (χ0) is 22.1. The summed E-state index contributed by atoms with van der Waals surface area (Å²) in [4.78, 5) is 23.7. The van der Waals surface area contributed by atoms with Gasteiger partial charge in [-0.3, -0.25) is 4.79 Å². The second kappa shape index (κ2) is 11.0. The number of benzene rings is 2. The highest BCUT2D eigenvalue weighted by atomic mass is 35.5. The number of ether oxygens (including phenoxy) is 4. The SMILES string of the molecule is COc1ccc(NC(=O)COC(=O)/C=C/c2ccc(OC(F)F)c(OC)c2)cc1Cl. The third-order valence-corrected chi connectivity index (χ3v) is 3.89. The van der Waals surface area contributed by atoms with Crippen molar-refractivity contribution in [2.75, 3.05) is 26.1 Å². The molecule has 0 spiro atoms. The van der Waals surface area contributed by atoms with E-state index < -0.39 is 25.1 Å². The normalized spacial score (nSPS) is 10.7. The zero-order valence-electron chi connectivity index (χ0n) is 16.0. The van der Waals surface area contributed by atoms with Gasteiger partial charge in [-0.15, -0.1) is 0 Å². The number of carbonyl (C=O) groups excluding carboxylic acids is 2. The molecule has 0 aromatic heterocycles. The van der Waals surface area contributed by atoms with E-state index >= 15 is 0 Å². The van der Waals surface area contributed by atoms with Crippen LogP contribution in [0, 0.1) is 0 Å². The Kier molecular flexibility index (Phi) is 8.42. The second-order valence-corrected chi connectivity index (χ2v) is 6.03. The van der Waals surface area contributed by atoms with Gasteiger partial charge in [0.15, 0.2) is 18.1 Å². The minimum Gasteiger partial charge on any atom is -0.495 e. The van der Waals surface area contributed by atoms with Crippen LogP contribution in [0.3, 0.4) is 0 Å². The van der Waals surface area contributed by atoms with Crippen LogP contribution in [0.25, 0.3) is 6.08 Å². The van der Waals surface area contributed by atoms with Gasteiger partial charge in [-0.2, -0.15) is 8.78 Å². The van der Waals surface area contributed by atoms with Crippen molar-refractivity contribution in [3.05, 3.63) is 53.1 Å². The monoisotopic (exact) mass is 441 g/mol. The lowest BCUT2D eigenvalue weighted by molar-refractivity contribution is -0.142. The molecule has 0 fully saturated rings. The number of hydrogen-bond acceptors (Lipinski definition) is 6. The summed E-state index contributed by atoms with van der Waals surface area (Å²) in [7, 11) is 2.76. The topological polar surface area (TPSA) is 83.1 Å². The zero-order valence-corrected chi connectivity index (χ0v) is 16.7. The van der Waals surface area contributed by atoms with Crippen LogP contribution in [0.4, 0.5) is 14.5 Å². The van der Waals surface area contributed by atoms with E-state index in [4.69, 9.17) is 25.8 Å². The summed E-state index contributed by atoms with van der Waals surface area (Å²) in [6, 6.07) is 8.79. The molecular weight excluding hydrogens is 424 g/mol. The number of anilines is 1. The van der Waals surface area contributed by atoms with Crippen molar-refractivity contribution in [2.24, 2.45) is 0 Å². The predicted molar refractivity (Wildman–Crippen MR) is 106 cm³/mol. The van der Waals surface area contributed by atoms with Gasteiger partial charge in [0, 0.05) is 11.8 Å². The Morgan fingerprint density at radius 2 is 1.77 bits per heavy atom. The Morgan fingerprint density at radius 1 is 1.07 bits per heavy atom. The first-order valence-electron chi connectivity index (χ1n) is 8.43. The van der Waals surface area contributed by atoms with Crippen LogP contribution in [0.1, 0.15) is 5.56 Å². The molecule has 0 heterocycles. The van der Waals surface area contributed by atoms with Crippen molar-refractivity contribution in [1.82, 2.24) is 0 Å². The molecule has 0 bridgehead atoms. The standard InChI is InChI=1S/C20H18ClF2NO6/c1-27-15-7-5-13(10-14(15)21)24-18(25)11-29-19(26)8-4-12-3-6-16(30-20(22)23)17(9-12)28-2/h3-10,20H,11H2,1-2H3,(H,24,25)/b8-4+. The molecule has 0 aliphatic rings. The Bertz CT molecular complexity index is 936. The smallest absolute Gasteiger partial charge is 0.387 e. The van der Waals surface area contributed by atoms with Gasteiger partial charge >= 0.3 is 12.6 Å². The quantitative estimate of drug-likeness (QED) is 0.465. The molecule has 0 radical (unpaired) electrons. The highest BCUT2D eigenvalue weighted by Crippen LogP contribution is 2.30. The summed E-state index contributed by atoms with van der Waals surface area (Å²) in [5, 5.41) is 2.84. The summed E-state index contributed by atoms with van der Waals surface area (Å²) < 4.78 is 43.8. The van der Waals surface area contributed by atoms with Crippen LogP contribution in [0.5, 0.6) is 17.2 Å². The van der Waals surface area contributed by atoms with E-state index in [9.17, 15) is 18.4 Å². The van der Waals surface area contributed by atoms with E-state index in [0.29, 0.717) is 22.0 Å². The number of methoxy groups -OCH3 is 2. The lowest BCUT2D eigenvalue weighted by Gasteiger charge is -2.10. The van der Waals surface area contributed by atoms with Crippen LogP contribution in [0.15, 0.2) is 42.5 Å². The van der Waals surface area contributed by atoms with Gasteiger partial charge in [0.1, 0.15) is 5.75 Å². The minimum atomic E-state index is -2.99. The number of halogens is 3. The van der Waals surface area contributed by atoms with Crippen molar-refractivity contribution >= 4 is 35.2 Å². The number of hydrogen-bond donors (Lipinski definition) is 1. The first-order valence-corrected chi connectivity index (χ1v) is 8.81. The molecule has 0 saturated heterocycles. The average Bonchev–Trinajstić information content (AvgIpc) is 2.71. The van der Waals surface area contributed by atoms with Crippen molar-refractivity contribution in [3.8, 4) is 17.2 Å². The maximum absolute atomic E-state index is 12.3. The minimum absolute atomic E-state index is 0.0725. The van der Waals surface area contributed by atoms with E-state index in [1.165, 1.54) is 44.6 Å². The largest absolute Gasteiger partial charge is 0.495 e. The molecule has 30 heavy (non-hydrogen) atoms. The molecule has 1 amide bonds. The lowest BCUT2D eigenvalue weighted by atomic mass is 10.2. The van der Waals surface area contributed by atoms with E-state index in [0.717, 1.165) is 6.08 Å². The molecule has 2 rings (SSSR count). The third kappa shape index (κ3) is 6.93. The van der Waals surface area contributed by atoms with E-state index in [1.54, 1.807) is 12.1 Å². The number of nitrogens with one attached hydrogen (secondary N) is 1. The summed E-state index contributed by atoms with van der Waals surface area (Å²) in [6.07, 6.45) is 2.46. The molecule has 0 saturated carbocycles. The molecular formula is C20H18ClF2NO6. The summed E-state index contributed by atoms with van der Waals surface area (Å²) in [5.41, 5.74) is 0.887. The maximum Gasteiger partial charge on any atom is 0.387 e. The first kappa shape index (κ1) is 23.0. The van der Waals surface area contributed by atoms with Crippen molar-refractivity contribution in [3.63, 3.8) is 0 Å². The van der Waals surface area contributed by atoms with E-state index in [1.807, 2.05) is 0 Å². The fourth-order valence-electron chi connectivity index (χ4n) is 2.27. The molecule has 1 N–H and O–H groups in total. The Morgan fingerprint density at radius 3 is 2.40 bits per heavy atom. The Labute approximate surface area is 176 Å². The Balaban J connectivity index is 1.88. The number of amides is 1. The van der Waals surface area contributed by atoms with Crippen molar-refractivity contribution < 1.29 is 37.3 Å². The summed E-state index contributed by atoms with van der Waals surface area (Å²) in [6.45, 7) is -3.51. The fraction of sp³-hybridized carbons (Fsp3) is 0.200. The van der Waals surface area contributed by atoms with Crippen molar-refractivity contribution in [2.45, 2.75) is 6.61 Å². The molecule has 2 aromatic carbocycles. The highest BCUT2D eigenvalue weighted by molar-refractivity contribution is 6.32. The molecule has 0 aliphatic carbocycles. The average molecular weight is 442 g/mol. The second-order valence-electron chi connectivity index (χ2n) is 5.63. The van der Waals surface area contributed by atoms with Crippen LogP contribution < -0.4 is 19.5 Å². The molecule has 2 aromatic rings. The van der Waals surface area contributed by atoms with Crippen LogP contribution in [-0.2, 0) is 14.3 Å². The predicted octanol–water partition coefficient (Wildman–Crippen LogP) is 4.15. The molecule has 7 nitrogen and oxygen atoms in total. The fourth-order valence-corrected chi connectivity index (χ4v) is 2.53. The number of rotatable bonds is 9. The van der Waals surface area contributed by atoms with E-state index in [2.05, 4.69) is 10.1 Å². The summed E-state index contributed by atoms with van der Waals surface area (Å²) in [5.74, 6) is -0.944. The van der Waals surface area contributed by atoms with Gasteiger partial charge < -0.3 is 24.3 Å². The molecule has 0 aliphatic heterocycles. The van der Waals surface area contributed by atoms with Gasteiger partial charge in [0.2, 0.25) is 0 Å². The Hall–Kier alpha value is -3.33. The van der Waals surface area contributed by atoms with Crippen LogP contribution in [0.2, 0.25) is 5.02 Å². The number of esters is 1. The number of alkyl halides is 2. The van der Waals surface area contributed by atoms with Crippen LogP contribution in [-0.4, -0.2) is 39.3 Å². The summed E-state index contributed by atoms with van der Waals surface area (Å²) >= 11 is 5.97. The molecule has 160 valence electrons. The third-order valence-electron chi connectivity index (χ3n) is 3.60. The maximum atomic E-state index is 12.3. The molecule has 0 unspecified atom stereocenters. The molecule has 0 atom stereocenters. The van der Waals surface area contributed by atoms with Gasteiger partial charge in [-0.1, -0.05) is 17.7 Å². The first-order chi connectivity index (χ1) is 14.3. The lowest BCUT2D eigenvalue weighted by Crippen LogP contribution is -2.20. The van der Waals surface area contributed by atoms with Gasteiger partial charge in [-0.25, -0.2) is 4.79 Å². The number of carbonyl (C=O) groups is 2.